The lowest BCUT2D eigenvalue weighted by molar-refractivity contribution is 0.110. The van der Waals surface area contributed by atoms with Crippen LogP contribution in [-0.4, -0.2) is 24.2 Å². The van der Waals surface area contributed by atoms with Gasteiger partial charge in [0.05, 0.1) is 11.0 Å². The molecule has 2 heterocycles. The van der Waals surface area contributed by atoms with Gasteiger partial charge in [-0.15, -0.1) is 0 Å². The van der Waals surface area contributed by atoms with Gasteiger partial charge in [0.2, 0.25) is 0 Å². The van der Waals surface area contributed by atoms with E-state index in [0.717, 1.165) is 6.07 Å². The van der Waals surface area contributed by atoms with Crippen molar-refractivity contribution in [2.75, 3.05) is 0 Å². The number of halogens is 2. The molecule has 0 aliphatic heterocycles. The van der Waals surface area contributed by atoms with Gasteiger partial charge in [-0.05, 0) is 36.4 Å². The van der Waals surface area contributed by atoms with E-state index in [4.69, 9.17) is 27.6 Å². The lowest BCUT2D eigenvalue weighted by atomic mass is 10.1. The molecule has 0 saturated heterocycles. The van der Waals surface area contributed by atoms with Gasteiger partial charge in [-0.3, -0.25) is 9.35 Å². The number of benzene rings is 2. The molecule has 0 aliphatic rings. The summed E-state index contributed by atoms with van der Waals surface area (Å²) in [6.45, 7) is 0. The normalized spacial score (nSPS) is 12.1. The van der Waals surface area contributed by atoms with Gasteiger partial charge in [0, 0.05) is 26.4 Å². The van der Waals surface area contributed by atoms with Crippen molar-refractivity contribution >= 4 is 61.4 Å². The number of carbonyl (C=O) groups is 1. The fourth-order valence-electron chi connectivity index (χ4n) is 2.96. The minimum absolute atomic E-state index is 0.144. The van der Waals surface area contributed by atoms with Crippen LogP contribution in [0.1, 0.15) is 10.6 Å². The van der Waals surface area contributed by atoms with Gasteiger partial charge < -0.3 is 9.40 Å². The molecule has 2 aromatic heterocycles. The van der Waals surface area contributed by atoms with Gasteiger partial charge in [-0.25, -0.2) is 0 Å². The summed E-state index contributed by atoms with van der Waals surface area (Å²) in [7, 11) is -4.51. The molecule has 2 N–H and O–H groups in total. The minimum atomic E-state index is -4.51. The van der Waals surface area contributed by atoms with Gasteiger partial charge in [-0.2, -0.15) is 8.42 Å². The van der Waals surface area contributed by atoms with E-state index in [-0.39, 0.29) is 21.2 Å². The number of aldehydes is 1. The summed E-state index contributed by atoms with van der Waals surface area (Å²) in [6, 6.07) is 9.13. The first-order chi connectivity index (χ1) is 12.3. The van der Waals surface area contributed by atoms with Crippen molar-refractivity contribution < 1.29 is 22.2 Å². The van der Waals surface area contributed by atoms with Crippen LogP contribution in [0.25, 0.3) is 33.1 Å². The lowest BCUT2D eigenvalue weighted by Crippen LogP contribution is -1.99. The maximum Gasteiger partial charge on any atom is 0.296 e. The van der Waals surface area contributed by atoms with Crippen LogP contribution in [0.3, 0.4) is 0 Å². The van der Waals surface area contributed by atoms with Crippen LogP contribution in [0.4, 0.5) is 0 Å². The molecule has 9 heteroatoms. The van der Waals surface area contributed by atoms with Crippen molar-refractivity contribution in [3.63, 3.8) is 0 Å². The third-order valence-electron chi connectivity index (χ3n) is 4.00. The fraction of sp³-hybridized carbons (Fsp3) is 0. The van der Waals surface area contributed by atoms with Gasteiger partial charge in [0.1, 0.15) is 10.7 Å². The molecule has 2 aromatic carbocycles. The summed E-state index contributed by atoms with van der Waals surface area (Å²) in [6.07, 6.45) is 0.576. The Morgan fingerprint density at radius 2 is 1.65 bits per heavy atom. The van der Waals surface area contributed by atoms with Crippen LogP contribution >= 0.6 is 23.2 Å². The molecule has 26 heavy (non-hydrogen) atoms. The van der Waals surface area contributed by atoms with Gasteiger partial charge in [0.15, 0.2) is 12.0 Å². The van der Waals surface area contributed by atoms with Gasteiger partial charge in [-0.1, -0.05) is 23.2 Å². The van der Waals surface area contributed by atoms with Crippen molar-refractivity contribution in [2.24, 2.45) is 0 Å². The van der Waals surface area contributed by atoms with Crippen LogP contribution in [-0.2, 0) is 10.1 Å². The van der Waals surface area contributed by atoms with Crippen LogP contribution < -0.4 is 0 Å². The molecular weight excluding hydrogens is 401 g/mol. The van der Waals surface area contributed by atoms with Crippen LogP contribution in [0.15, 0.2) is 45.7 Å². The van der Waals surface area contributed by atoms with Crippen LogP contribution in [0.2, 0.25) is 10.0 Å². The number of furan rings is 1. The van der Waals surface area contributed by atoms with Crippen molar-refractivity contribution in [3.8, 4) is 11.3 Å². The average molecular weight is 410 g/mol. The Balaban J connectivity index is 2.16. The first kappa shape index (κ1) is 17.1. The highest BCUT2D eigenvalue weighted by Gasteiger charge is 2.21. The molecule has 0 fully saturated rings. The molecule has 0 aliphatic carbocycles. The van der Waals surface area contributed by atoms with Crippen molar-refractivity contribution in [1.29, 1.82) is 0 Å². The standard InChI is InChI=1S/C17H9Cl2NO5S/c18-8-3-11-12-4-9(19)6-15(26(22,23)24)17(12)20-16(11)13(5-8)14-2-1-10(7-21)25-14/h1-7,20H,(H,22,23,24). The van der Waals surface area contributed by atoms with Crippen molar-refractivity contribution in [1.82, 2.24) is 4.98 Å². The summed E-state index contributed by atoms with van der Waals surface area (Å²) in [5.74, 6) is 0.525. The van der Waals surface area contributed by atoms with Crippen molar-refractivity contribution in [2.45, 2.75) is 4.90 Å². The predicted molar refractivity (Wildman–Crippen MR) is 98.7 cm³/mol. The molecule has 4 rings (SSSR count). The summed E-state index contributed by atoms with van der Waals surface area (Å²) in [5.41, 5.74) is 1.26. The number of H-pyrrole nitrogens is 1. The quantitative estimate of drug-likeness (QED) is 0.368. The molecule has 0 atom stereocenters. The Morgan fingerprint density at radius 3 is 2.27 bits per heavy atom. The highest BCUT2D eigenvalue weighted by Crippen LogP contribution is 2.39. The van der Waals surface area contributed by atoms with Crippen molar-refractivity contribution in [3.05, 3.63) is 52.2 Å². The largest absolute Gasteiger partial charge is 0.453 e. The lowest BCUT2D eigenvalue weighted by Gasteiger charge is -2.01. The second-order valence-corrected chi connectivity index (χ2v) is 7.89. The second-order valence-electron chi connectivity index (χ2n) is 5.62. The Hall–Kier alpha value is -2.32. The SMILES string of the molecule is O=Cc1ccc(-c2cc(Cl)cc3c2[nH]c2c(S(=O)(=O)O)cc(Cl)cc23)o1. The van der Waals surface area contributed by atoms with E-state index in [1.165, 1.54) is 6.07 Å². The maximum atomic E-state index is 11.7. The summed E-state index contributed by atoms with van der Waals surface area (Å²) in [5, 5.41) is 1.60. The zero-order chi connectivity index (χ0) is 18.6. The number of aromatic nitrogens is 1. The molecular formula is C17H9Cl2NO5S. The first-order valence-electron chi connectivity index (χ1n) is 7.25. The first-order valence-corrected chi connectivity index (χ1v) is 9.45. The zero-order valence-electron chi connectivity index (χ0n) is 12.8. The second kappa shape index (κ2) is 5.85. The van der Waals surface area contributed by atoms with E-state index in [9.17, 15) is 17.8 Å². The molecule has 0 saturated carbocycles. The fourth-order valence-corrected chi connectivity index (χ4v) is 4.16. The minimum Gasteiger partial charge on any atom is -0.453 e. The van der Waals surface area contributed by atoms with Gasteiger partial charge >= 0.3 is 0 Å². The predicted octanol–water partition coefficient (Wildman–Crippen LogP) is 4.95. The highest BCUT2D eigenvalue weighted by molar-refractivity contribution is 7.86. The third-order valence-corrected chi connectivity index (χ3v) is 5.31. The van der Waals surface area contributed by atoms with Gasteiger partial charge in [0.25, 0.3) is 10.1 Å². The van der Waals surface area contributed by atoms with E-state index in [2.05, 4.69) is 4.98 Å². The Morgan fingerprint density at radius 1 is 1.00 bits per heavy atom. The molecule has 132 valence electrons. The molecule has 0 spiro atoms. The molecule has 0 bridgehead atoms. The van der Waals surface area contributed by atoms with Crippen LogP contribution in [0.5, 0.6) is 0 Å². The number of hydrogen-bond donors (Lipinski definition) is 2. The Kier molecular flexibility index (Phi) is 3.85. The zero-order valence-corrected chi connectivity index (χ0v) is 15.1. The number of carbonyl (C=O) groups excluding carboxylic acids is 1. The Labute approximate surface area is 157 Å². The third kappa shape index (κ3) is 2.69. The number of rotatable bonds is 3. The topological polar surface area (TPSA) is 100 Å². The molecule has 4 aromatic rings. The molecule has 0 amide bonds. The monoisotopic (exact) mass is 409 g/mol. The van der Waals surface area contributed by atoms with E-state index >= 15 is 0 Å². The van der Waals surface area contributed by atoms with Crippen LogP contribution in [0, 0.1) is 0 Å². The molecule has 0 unspecified atom stereocenters. The number of nitrogens with one attached hydrogen (secondary N) is 1. The van der Waals surface area contributed by atoms with E-state index in [0.29, 0.717) is 38.9 Å². The summed E-state index contributed by atoms with van der Waals surface area (Å²) in [4.78, 5) is 13.5. The number of aromatic amines is 1. The smallest absolute Gasteiger partial charge is 0.296 e. The average Bonchev–Trinajstić information content (AvgIpc) is 3.17. The Bertz CT molecular complexity index is 1300. The van der Waals surface area contributed by atoms with E-state index in [1.54, 1.807) is 24.3 Å². The summed E-state index contributed by atoms with van der Waals surface area (Å²) >= 11 is 12.2. The highest BCUT2D eigenvalue weighted by atomic mass is 35.5. The van der Waals surface area contributed by atoms with E-state index < -0.39 is 10.1 Å². The number of fused-ring (bicyclic) bond motifs is 3. The summed E-state index contributed by atoms with van der Waals surface area (Å²) < 4.78 is 38.4. The number of hydrogen-bond acceptors (Lipinski definition) is 4. The molecule has 6 nitrogen and oxygen atoms in total. The van der Waals surface area contributed by atoms with E-state index in [1.807, 2.05) is 0 Å². The molecule has 0 radical (unpaired) electrons. The maximum absolute atomic E-state index is 11.7.